The van der Waals surface area contributed by atoms with Gasteiger partial charge >= 0.3 is 0 Å². The van der Waals surface area contributed by atoms with Gasteiger partial charge in [-0.2, -0.15) is 4.98 Å². The third-order valence-electron chi connectivity index (χ3n) is 3.22. The topological polar surface area (TPSA) is 74.2 Å². The van der Waals surface area contributed by atoms with Gasteiger partial charge < -0.3 is 15.0 Å². The Balaban J connectivity index is 1.89. The number of hydrogen-bond donors (Lipinski definition) is 1. The van der Waals surface area contributed by atoms with Crippen molar-refractivity contribution in [3.05, 3.63) is 30.2 Å². The number of rotatable bonds is 2. The van der Waals surface area contributed by atoms with Crippen molar-refractivity contribution >= 4 is 5.69 Å². The van der Waals surface area contributed by atoms with Gasteiger partial charge in [-0.05, 0) is 24.5 Å². The van der Waals surface area contributed by atoms with Crippen molar-refractivity contribution in [1.29, 1.82) is 0 Å². The highest BCUT2D eigenvalue weighted by Gasteiger charge is 2.30. The number of hydrogen-bond acceptors (Lipinski definition) is 5. The van der Waals surface area contributed by atoms with Crippen LogP contribution in [0.25, 0.3) is 11.4 Å². The van der Waals surface area contributed by atoms with Crippen LogP contribution < -0.4 is 5.73 Å². The van der Waals surface area contributed by atoms with Crippen molar-refractivity contribution in [3.63, 3.8) is 0 Å². The molecule has 0 aliphatic carbocycles. The van der Waals surface area contributed by atoms with Crippen LogP contribution >= 0.6 is 0 Å². The molecular formula is C13H15N3O2. The number of benzene rings is 1. The molecule has 18 heavy (non-hydrogen) atoms. The van der Waals surface area contributed by atoms with Crippen LogP contribution in [0.2, 0.25) is 0 Å². The Morgan fingerprint density at radius 3 is 3.00 bits per heavy atom. The molecule has 2 aromatic rings. The van der Waals surface area contributed by atoms with E-state index in [-0.39, 0.29) is 6.10 Å². The number of nitrogen functional groups attached to an aromatic ring is 1. The zero-order valence-corrected chi connectivity index (χ0v) is 10.2. The lowest BCUT2D eigenvalue weighted by atomic mass is 10.0. The minimum absolute atomic E-state index is 0.0766. The molecule has 0 spiro atoms. The summed E-state index contributed by atoms with van der Waals surface area (Å²) in [6, 6.07) is 7.43. The van der Waals surface area contributed by atoms with Gasteiger partial charge in [-0.25, -0.2) is 0 Å². The quantitative estimate of drug-likeness (QED) is 0.822. The standard InChI is InChI=1S/C13H15N3O2/c1-8-5-6-17-11(8)13-15-12(16-18-13)9-3-2-4-10(14)7-9/h2-4,7-8,11H,5-6,14H2,1H3. The third-order valence-corrected chi connectivity index (χ3v) is 3.22. The number of aromatic nitrogens is 2. The van der Waals surface area contributed by atoms with E-state index in [0.717, 1.165) is 18.6 Å². The first-order chi connectivity index (χ1) is 8.74. The van der Waals surface area contributed by atoms with E-state index in [9.17, 15) is 0 Å². The van der Waals surface area contributed by atoms with E-state index in [2.05, 4.69) is 17.1 Å². The van der Waals surface area contributed by atoms with Crippen molar-refractivity contribution in [1.82, 2.24) is 10.1 Å². The van der Waals surface area contributed by atoms with Gasteiger partial charge in [-0.15, -0.1) is 0 Å². The van der Waals surface area contributed by atoms with Gasteiger partial charge in [0.2, 0.25) is 5.82 Å². The molecule has 1 saturated heterocycles. The number of ether oxygens (including phenoxy) is 1. The SMILES string of the molecule is CC1CCOC1c1nc(-c2cccc(N)c2)no1. The van der Waals surface area contributed by atoms with E-state index in [1.807, 2.05) is 24.3 Å². The summed E-state index contributed by atoms with van der Waals surface area (Å²) in [4.78, 5) is 4.40. The van der Waals surface area contributed by atoms with E-state index in [4.69, 9.17) is 15.0 Å². The van der Waals surface area contributed by atoms with Gasteiger partial charge in [-0.3, -0.25) is 0 Å². The van der Waals surface area contributed by atoms with Gasteiger partial charge in [0.05, 0.1) is 0 Å². The smallest absolute Gasteiger partial charge is 0.256 e. The van der Waals surface area contributed by atoms with E-state index >= 15 is 0 Å². The largest absolute Gasteiger partial charge is 0.399 e. The molecule has 1 aromatic heterocycles. The monoisotopic (exact) mass is 245 g/mol. The molecule has 0 radical (unpaired) electrons. The summed E-state index contributed by atoms with van der Waals surface area (Å²) in [6.07, 6.45) is 0.952. The first-order valence-corrected chi connectivity index (χ1v) is 6.05. The maximum Gasteiger partial charge on any atom is 0.256 e. The maximum atomic E-state index is 5.74. The fraction of sp³-hybridized carbons (Fsp3) is 0.385. The van der Waals surface area contributed by atoms with Gasteiger partial charge in [0, 0.05) is 17.9 Å². The van der Waals surface area contributed by atoms with Crippen molar-refractivity contribution in [3.8, 4) is 11.4 Å². The summed E-state index contributed by atoms with van der Waals surface area (Å²) in [5, 5.41) is 3.98. The molecule has 2 atom stereocenters. The van der Waals surface area contributed by atoms with Gasteiger partial charge in [0.25, 0.3) is 5.89 Å². The maximum absolute atomic E-state index is 5.74. The zero-order chi connectivity index (χ0) is 12.5. The molecule has 1 fully saturated rings. The Hall–Kier alpha value is -1.88. The molecule has 94 valence electrons. The van der Waals surface area contributed by atoms with E-state index in [1.54, 1.807) is 0 Å². The summed E-state index contributed by atoms with van der Waals surface area (Å²) < 4.78 is 10.9. The molecule has 1 aliphatic heterocycles. The Labute approximate surface area is 105 Å². The molecule has 5 nitrogen and oxygen atoms in total. The first-order valence-electron chi connectivity index (χ1n) is 6.05. The molecule has 2 N–H and O–H groups in total. The molecule has 0 bridgehead atoms. The molecule has 0 saturated carbocycles. The average Bonchev–Trinajstić information content (AvgIpc) is 2.97. The second kappa shape index (κ2) is 4.42. The summed E-state index contributed by atoms with van der Waals surface area (Å²) >= 11 is 0. The van der Waals surface area contributed by atoms with Crippen molar-refractivity contribution < 1.29 is 9.26 Å². The van der Waals surface area contributed by atoms with Crippen LogP contribution in [0.3, 0.4) is 0 Å². The van der Waals surface area contributed by atoms with Crippen LogP contribution in [0.4, 0.5) is 5.69 Å². The molecular weight excluding hydrogens is 230 g/mol. The molecule has 2 heterocycles. The van der Waals surface area contributed by atoms with E-state index < -0.39 is 0 Å². The summed E-state index contributed by atoms with van der Waals surface area (Å²) in [6.45, 7) is 2.88. The lowest BCUT2D eigenvalue weighted by molar-refractivity contribution is 0.0661. The fourth-order valence-corrected chi connectivity index (χ4v) is 2.16. The number of nitrogens with zero attached hydrogens (tertiary/aromatic N) is 2. The normalized spacial score (nSPS) is 23.4. The van der Waals surface area contributed by atoms with Crippen molar-refractivity contribution in [2.75, 3.05) is 12.3 Å². The van der Waals surface area contributed by atoms with E-state index in [1.165, 1.54) is 0 Å². The fourth-order valence-electron chi connectivity index (χ4n) is 2.16. The number of nitrogens with two attached hydrogens (primary N) is 1. The summed E-state index contributed by atoms with van der Waals surface area (Å²) in [7, 11) is 0. The second-order valence-electron chi connectivity index (χ2n) is 4.64. The van der Waals surface area contributed by atoms with Crippen LogP contribution in [-0.2, 0) is 4.74 Å². The average molecular weight is 245 g/mol. The van der Waals surface area contributed by atoms with Crippen molar-refractivity contribution in [2.24, 2.45) is 5.92 Å². The van der Waals surface area contributed by atoms with E-state index in [0.29, 0.717) is 23.3 Å². The van der Waals surface area contributed by atoms with Gasteiger partial charge in [-0.1, -0.05) is 24.2 Å². The highest BCUT2D eigenvalue weighted by atomic mass is 16.5. The first kappa shape index (κ1) is 11.2. The predicted molar refractivity (Wildman–Crippen MR) is 66.6 cm³/mol. The minimum atomic E-state index is -0.0766. The second-order valence-corrected chi connectivity index (χ2v) is 4.64. The van der Waals surface area contributed by atoms with Gasteiger partial charge in [0.15, 0.2) is 0 Å². The molecule has 1 aliphatic rings. The molecule has 1 aromatic carbocycles. The third kappa shape index (κ3) is 1.97. The Kier molecular flexibility index (Phi) is 2.76. The van der Waals surface area contributed by atoms with Crippen LogP contribution in [0.1, 0.15) is 25.3 Å². The van der Waals surface area contributed by atoms with Gasteiger partial charge in [0.1, 0.15) is 6.10 Å². The zero-order valence-electron chi connectivity index (χ0n) is 10.2. The molecule has 5 heteroatoms. The van der Waals surface area contributed by atoms with Crippen molar-refractivity contribution in [2.45, 2.75) is 19.4 Å². The Morgan fingerprint density at radius 2 is 2.28 bits per heavy atom. The molecule has 2 unspecified atom stereocenters. The predicted octanol–water partition coefficient (Wildman–Crippen LogP) is 2.42. The lowest BCUT2D eigenvalue weighted by Crippen LogP contribution is -2.03. The van der Waals surface area contributed by atoms with Crippen LogP contribution in [0.5, 0.6) is 0 Å². The Bertz CT molecular complexity index is 553. The number of anilines is 1. The molecule has 0 amide bonds. The Morgan fingerprint density at radius 1 is 1.39 bits per heavy atom. The van der Waals surface area contributed by atoms with Crippen LogP contribution in [0, 0.1) is 5.92 Å². The highest BCUT2D eigenvalue weighted by molar-refractivity contribution is 5.60. The van der Waals surface area contributed by atoms with Crippen LogP contribution in [-0.4, -0.2) is 16.7 Å². The summed E-state index contributed by atoms with van der Waals surface area (Å²) in [5.74, 6) is 1.52. The minimum Gasteiger partial charge on any atom is -0.399 e. The summed E-state index contributed by atoms with van der Waals surface area (Å²) in [5.41, 5.74) is 7.28. The molecule has 3 rings (SSSR count). The lowest BCUT2D eigenvalue weighted by Gasteiger charge is -2.07. The highest BCUT2D eigenvalue weighted by Crippen LogP contribution is 2.33. The van der Waals surface area contributed by atoms with Crippen LogP contribution in [0.15, 0.2) is 28.8 Å².